The van der Waals surface area contributed by atoms with E-state index in [1.807, 2.05) is 48.5 Å². The second-order valence-electron chi connectivity index (χ2n) is 9.86. The summed E-state index contributed by atoms with van der Waals surface area (Å²) >= 11 is 0. The molecule has 1 fully saturated rings. The molecule has 7 nitrogen and oxygen atoms in total. The van der Waals surface area contributed by atoms with Gasteiger partial charge in [0.15, 0.2) is 0 Å². The molecule has 1 amide bonds. The number of rotatable bonds is 8. The summed E-state index contributed by atoms with van der Waals surface area (Å²) in [7, 11) is 0. The van der Waals surface area contributed by atoms with E-state index < -0.39 is 5.91 Å². The van der Waals surface area contributed by atoms with Crippen LogP contribution in [0.2, 0.25) is 0 Å². The maximum Gasteiger partial charge on any atom is 0.267 e. The number of pyridine rings is 1. The van der Waals surface area contributed by atoms with Crippen molar-refractivity contribution in [1.29, 1.82) is 5.26 Å². The molecule has 1 N–H and O–H groups in total. The number of benzene rings is 2. The second-order valence-corrected chi connectivity index (χ2v) is 9.86. The van der Waals surface area contributed by atoms with Crippen molar-refractivity contribution in [3.63, 3.8) is 0 Å². The third-order valence-electron chi connectivity index (χ3n) is 7.23. The van der Waals surface area contributed by atoms with Gasteiger partial charge >= 0.3 is 0 Å². The maximum absolute atomic E-state index is 13.6. The summed E-state index contributed by atoms with van der Waals surface area (Å²) < 4.78 is 1.46. The van der Waals surface area contributed by atoms with Crippen LogP contribution in [-0.4, -0.2) is 34.9 Å². The number of amides is 1. The molecular weight excluding hydrogens is 486 g/mol. The molecule has 0 radical (unpaired) electrons. The third kappa shape index (κ3) is 6.24. The summed E-state index contributed by atoms with van der Waals surface area (Å²) in [4.78, 5) is 33.4. The zero-order valence-electron chi connectivity index (χ0n) is 21.8. The van der Waals surface area contributed by atoms with Crippen molar-refractivity contribution >= 4 is 23.4 Å². The first-order valence-electron chi connectivity index (χ1n) is 13.4. The molecular formula is C32H31N5O2. The molecule has 0 unspecified atom stereocenters. The summed E-state index contributed by atoms with van der Waals surface area (Å²) in [5.74, 6) is 0.571. The first kappa shape index (κ1) is 25.9. The maximum atomic E-state index is 13.6. The van der Waals surface area contributed by atoms with Gasteiger partial charge < -0.3 is 10.2 Å². The summed E-state index contributed by atoms with van der Waals surface area (Å²) in [5.41, 5.74) is 2.81. The molecule has 0 bridgehead atoms. The van der Waals surface area contributed by atoms with Gasteiger partial charge in [-0.05, 0) is 60.9 Å². The number of nitrogens with one attached hydrogen (secondary N) is 1. The fourth-order valence-electron chi connectivity index (χ4n) is 5.11. The molecule has 7 heteroatoms. The molecule has 1 saturated heterocycles. The van der Waals surface area contributed by atoms with Gasteiger partial charge in [-0.25, -0.2) is 4.98 Å². The number of aromatic nitrogens is 2. The smallest absolute Gasteiger partial charge is 0.267 e. The zero-order chi connectivity index (χ0) is 27.0. The molecule has 2 aromatic heterocycles. The Labute approximate surface area is 228 Å². The molecule has 1 aliphatic rings. The Hall–Kier alpha value is -4.70. The molecule has 3 heterocycles. The molecule has 1 aliphatic heterocycles. The van der Waals surface area contributed by atoms with Crippen LogP contribution < -0.4 is 15.8 Å². The minimum Gasteiger partial charge on any atom is -0.356 e. The lowest BCUT2D eigenvalue weighted by Gasteiger charge is -2.33. The summed E-state index contributed by atoms with van der Waals surface area (Å²) in [6.45, 7) is 1.89. The number of nitriles is 1. The van der Waals surface area contributed by atoms with E-state index in [-0.39, 0.29) is 16.7 Å². The summed E-state index contributed by atoms with van der Waals surface area (Å²) in [6.07, 6.45) is 6.67. The average Bonchev–Trinajstić information content (AvgIpc) is 2.98. The highest BCUT2D eigenvalue weighted by atomic mass is 16.1. The summed E-state index contributed by atoms with van der Waals surface area (Å²) in [6, 6.07) is 27.7. The molecule has 0 spiro atoms. The van der Waals surface area contributed by atoms with E-state index in [9.17, 15) is 14.9 Å². The molecule has 196 valence electrons. The van der Waals surface area contributed by atoms with E-state index in [1.165, 1.54) is 16.0 Å². The van der Waals surface area contributed by atoms with Crippen molar-refractivity contribution in [2.45, 2.75) is 25.7 Å². The number of nitrogens with zero attached hydrogens (tertiary/aromatic N) is 4. The Balaban J connectivity index is 1.38. The van der Waals surface area contributed by atoms with Crippen molar-refractivity contribution in [1.82, 2.24) is 14.7 Å². The van der Waals surface area contributed by atoms with Crippen molar-refractivity contribution in [3.8, 4) is 6.07 Å². The molecule has 39 heavy (non-hydrogen) atoms. The van der Waals surface area contributed by atoms with E-state index >= 15 is 0 Å². The standard InChI is InChI=1S/C32H31N5O2/c33-23-27(31(38)34-17-14-24-9-3-1-4-10-24)22-28-30(35-29-13-7-8-18-37(29)32(28)39)36-19-15-26(16-20-36)21-25-11-5-2-6-12-25/h1-13,18,22,26H,14-17,19-21H2,(H,34,38)/b27-22+. The van der Waals surface area contributed by atoms with E-state index in [0.717, 1.165) is 37.9 Å². The van der Waals surface area contributed by atoms with Crippen LogP contribution in [0.1, 0.15) is 29.5 Å². The van der Waals surface area contributed by atoms with Crippen LogP contribution in [0.3, 0.4) is 0 Å². The molecule has 0 aliphatic carbocycles. The number of hydrogen-bond acceptors (Lipinski definition) is 5. The Morgan fingerprint density at radius 2 is 1.64 bits per heavy atom. The zero-order valence-corrected chi connectivity index (χ0v) is 21.8. The lowest BCUT2D eigenvalue weighted by Crippen LogP contribution is -2.37. The lowest BCUT2D eigenvalue weighted by atomic mass is 9.90. The minimum atomic E-state index is -0.501. The lowest BCUT2D eigenvalue weighted by molar-refractivity contribution is -0.117. The average molecular weight is 518 g/mol. The molecule has 2 aromatic carbocycles. The fraction of sp³-hybridized carbons (Fsp3) is 0.250. The first-order valence-corrected chi connectivity index (χ1v) is 13.4. The second kappa shape index (κ2) is 12.2. The van der Waals surface area contributed by atoms with Gasteiger partial charge in [-0.1, -0.05) is 66.7 Å². The number of carbonyl (C=O) groups excluding carboxylic acids is 1. The van der Waals surface area contributed by atoms with Crippen LogP contribution in [0.5, 0.6) is 0 Å². The number of piperidine rings is 1. The Morgan fingerprint density at radius 3 is 2.33 bits per heavy atom. The minimum absolute atomic E-state index is 0.113. The molecule has 0 saturated carbocycles. The monoisotopic (exact) mass is 517 g/mol. The summed E-state index contributed by atoms with van der Waals surface area (Å²) in [5, 5.41) is 12.6. The SMILES string of the molecule is N#C/C(=C\c1c(N2CCC(Cc3ccccc3)CC2)nc2ccccn2c1=O)C(=O)NCCc1ccccc1. The van der Waals surface area contributed by atoms with E-state index in [4.69, 9.17) is 4.98 Å². The Kier molecular flexibility index (Phi) is 8.13. The predicted octanol–water partition coefficient (Wildman–Crippen LogP) is 4.42. The third-order valence-corrected chi connectivity index (χ3v) is 7.23. The predicted molar refractivity (Wildman–Crippen MR) is 153 cm³/mol. The molecule has 4 aromatic rings. The van der Waals surface area contributed by atoms with Crippen molar-refractivity contribution in [3.05, 3.63) is 118 Å². The highest BCUT2D eigenvalue weighted by Gasteiger charge is 2.25. The van der Waals surface area contributed by atoms with Crippen LogP contribution in [-0.2, 0) is 17.6 Å². The largest absolute Gasteiger partial charge is 0.356 e. The Morgan fingerprint density at radius 1 is 0.974 bits per heavy atom. The van der Waals surface area contributed by atoms with Crippen LogP contribution in [0.15, 0.2) is 95.4 Å². The van der Waals surface area contributed by atoms with E-state index in [1.54, 1.807) is 18.3 Å². The number of fused-ring (bicyclic) bond motifs is 1. The van der Waals surface area contributed by atoms with Gasteiger partial charge in [-0.15, -0.1) is 0 Å². The quantitative estimate of drug-likeness (QED) is 0.276. The van der Waals surface area contributed by atoms with Gasteiger partial charge in [0.2, 0.25) is 0 Å². The van der Waals surface area contributed by atoms with Gasteiger partial charge in [-0.3, -0.25) is 14.0 Å². The number of carbonyl (C=O) groups is 1. The fourth-order valence-corrected chi connectivity index (χ4v) is 5.11. The van der Waals surface area contributed by atoms with E-state index in [2.05, 4.69) is 34.5 Å². The van der Waals surface area contributed by atoms with Crippen molar-refractivity contribution in [2.24, 2.45) is 5.92 Å². The van der Waals surface area contributed by atoms with Crippen LogP contribution in [0, 0.1) is 17.2 Å². The van der Waals surface area contributed by atoms with Gasteiger partial charge in [0, 0.05) is 25.8 Å². The van der Waals surface area contributed by atoms with Crippen LogP contribution in [0.25, 0.3) is 11.7 Å². The van der Waals surface area contributed by atoms with Gasteiger partial charge in [0.1, 0.15) is 23.1 Å². The van der Waals surface area contributed by atoms with Crippen LogP contribution >= 0.6 is 0 Å². The van der Waals surface area contributed by atoms with Crippen molar-refractivity contribution < 1.29 is 4.79 Å². The van der Waals surface area contributed by atoms with Gasteiger partial charge in [-0.2, -0.15) is 5.26 Å². The van der Waals surface area contributed by atoms with Gasteiger partial charge in [0.05, 0.1) is 5.56 Å². The normalized spacial score (nSPS) is 14.2. The Bertz CT molecular complexity index is 1560. The molecule has 5 rings (SSSR count). The first-order chi connectivity index (χ1) is 19.1. The topological polar surface area (TPSA) is 90.5 Å². The highest BCUT2D eigenvalue weighted by Crippen LogP contribution is 2.27. The number of anilines is 1. The van der Waals surface area contributed by atoms with Crippen molar-refractivity contribution in [2.75, 3.05) is 24.5 Å². The number of hydrogen-bond donors (Lipinski definition) is 1. The highest BCUT2D eigenvalue weighted by molar-refractivity contribution is 6.02. The molecule has 0 atom stereocenters. The van der Waals surface area contributed by atoms with E-state index in [0.29, 0.717) is 30.3 Å². The van der Waals surface area contributed by atoms with Gasteiger partial charge in [0.25, 0.3) is 11.5 Å². The van der Waals surface area contributed by atoms with Crippen LogP contribution in [0.4, 0.5) is 5.82 Å².